The zero-order chi connectivity index (χ0) is 12.8. The lowest BCUT2D eigenvalue weighted by atomic mass is 10.3. The summed E-state index contributed by atoms with van der Waals surface area (Å²) in [6.07, 6.45) is 0. The molecular weight excluding hydrogens is 290 g/mol. The van der Waals surface area contributed by atoms with Gasteiger partial charge in [-0.15, -0.1) is 0 Å². The number of ether oxygens (including phenoxy) is 1. The standard InChI is InChI=1S/C11H12BrNO4/c1-7(11(15)16)13-10(14)6-17-9-4-2-3-8(12)5-9/h2-5,7H,6H2,1H3,(H,13,14)(H,15,16). The van der Waals surface area contributed by atoms with Crippen LogP contribution in [0, 0.1) is 0 Å². The number of nitrogens with one attached hydrogen (secondary N) is 1. The Kier molecular flexibility index (Phi) is 4.96. The Morgan fingerprint density at radius 3 is 2.82 bits per heavy atom. The van der Waals surface area contributed by atoms with Crippen LogP contribution in [-0.2, 0) is 9.59 Å². The van der Waals surface area contributed by atoms with E-state index in [0.717, 1.165) is 4.47 Å². The number of carboxylic acids is 1. The second-order valence-corrected chi connectivity index (χ2v) is 4.29. The first-order chi connectivity index (χ1) is 7.99. The molecule has 0 radical (unpaired) electrons. The van der Waals surface area contributed by atoms with E-state index in [4.69, 9.17) is 9.84 Å². The van der Waals surface area contributed by atoms with Gasteiger partial charge in [-0.2, -0.15) is 0 Å². The maximum absolute atomic E-state index is 11.3. The molecular formula is C11H12BrNO4. The van der Waals surface area contributed by atoms with Crippen molar-refractivity contribution in [1.82, 2.24) is 5.32 Å². The molecule has 0 spiro atoms. The topological polar surface area (TPSA) is 75.6 Å². The van der Waals surface area contributed by atoms with E-state index in [1.165, 1.54) is 6.92 Å². The summed E-state index contributed by atoms with van der Waals surface area (Å²) in [7, 11) is 0. The molecule has 5 nitrogen and oxygen atoms in total. The van der Waals surface area contributed by atoms with Gasteiger partial charge in [0.15, 0.2) is 6.61 Å². The van der Waals surface area contributed by atoms with Gasteiger partial charge in [-0.05, 0) is 25.1 Å². The molecule has 1 aromatic rings. The Labute approximate surface area is 107 Å². The third-order valence-corrected chi connectivity index (χ3v) is 2.41. The Balaban J connectivity index is 2.41. The van der Waals surface area contributed by atoms with Gasteiger partial charge >= 0.3 is 5.97 Å². The van der Waals surface area contributed by atoms with Gasteiger partial charge in [0, 0.05) is 4.47 Å². The first kappa shape index (κ1) is 13.5. The molecule has 0 saturated carbocycles. The summed E-state index contributed by atoms with van der Waals surface area (Å²) >= 11 is 3.27. The van der Waals surface area contributed by atoms with Crippen molar-refractivity contribution in [3.8, 4) is 5.75 Å². The minimum atomic E-state index is -1.08. The molecule has 1 aromatic carbocycles. The van der Waals surface area contributed by atoms with Gasteiger partial charge in [-0.1, -0.05) is 22.0 Å². The Hall–Kier alpha value is -1.56. The average Bonchev–Trinajstić information content (AvgIpc) is 2.26. The molecule has 0 aromatic heterocycles. The van der Waals surface area contributed by atoms with Crippen LogP contribution in [0.15, 0.2) is 28.7 Å². The quantitative estimate of drug-likeness (QED) is 0.862. The van der Waals surface area contributed by atoms with Gasteiger partial charge in [0.2, 0.25) is 0 Å². The lowest BCUT2D eigenvalue weighted by Gasteiger charge is -2.10. The zero-order valence-corrected chi connectivity index (χ0v) is 10.7. The highest BCUT2D eigenvalue weighted by Crippen LogP contribution is 2.17. The molecule has 0 aliphatic heterocycles. The van der Waals surface area contributed by atoms with Crippen LogP contribution < -0.4 is 10.1 Å². The monoisotopic (exact) mass is 301 g/mol. The van der Waals surface area contributed by atoms with Crippen LogP contribution in [0.2, 0.25) is 0 Å². The van der Waals surface area contributed by atoms with Gasteiger partial charge in [0.05, 0.1) is 0 Å². The number of benzene rings is 1. The Bertz CT molecular complexity index is 422. The number of aliphatic carboxylic acids is 1. The van der Waals surface area contributed by atoms with E-state index >= 15 is 0 Å². The predicted molar refractivity (Wildman–Crippen MR) is 64.9 cm³/mol. The molecule has 0 saturated heterocycles. The summed E-state index contributed by atoms with van der Waals surface area (Å²) in [5.41, 5.74) is 0. The number of carboxylic acid groups (broad SMARTS) is 1. The van der Waals surface area contributed by atoms with E-state index in [9.17, 15) is 9.59 Å². The van der Waals surface area contributed by atoms with Gasteiger partial charge < -0.3 is 15.2 Å². The van der Waals surface area contributed by atoms with Crippen LogP contribution in [0.3, 0.4) is 0 Å². The summed E-state index contributed by atoms with van der Waals surface area (Å²) in [6.45, 7) is 1.17. The number of halogens is 1. The number of carbonyl (C=O) groups excluding carboxylic acids is 1. The van der Waals surface area contributed by atoms with Crippen LogP contribution in [0.4, 0.5) is 0 Å². The van der Waals surface area contributed by atoms with Crippen molar-refractivity contribution in [2.75, 3.05) is 6.61 Å². The molecule has 1 atom stereocenters. The molecule has 92 valence electrons. The number of amides is 1. The smallest absolute Gasteiger partial charge is 0.325 e. The minimum absolute atomic E-state index is 0.214. The lowest BCUT2D eigenvalue weighted by Crippen LogP contribution is -2.40. The molecule has 0 bridgehead atoms. The summed E-state index contributed by atoms with van der Waals surface area (Å²) in [5, 5.41) is 10.9. The zero-order valence-electron chi connectivity index (χ0n) is 9.14. The molecule has 6 heteroatoms. The largest absolute Gasteiger partial charge is 0.484 e. The van der Waals surface area contributed by atoms with E-state index in [1.54, 1.807) is 18.2 Å². The third kappa shape index (κ3) is 4.86. The molecule has 0 aliphatic rings. The highest BCUT2D eigenvalue weighted by Gasteiger charge is 2.13. The Morgan fingerprint density at radius 1 is 1.53 bits per heavy atom. The van der Waals surface area contributed by atoms with E-state index in [0.29, 0.717) is 5.75 Å². The molecule has 0 aliphatic carbocycles. The van der Waals surface area contributed by atoms with Gasteiger partial charge in [-0.25, -0.2) is 0 Å². The number of carbonyl (C=O) groups is 2. The van der Waals surface area contributed by atoms with E-state index in [1.807, 2.05) is 6.07 Å². The van der Waals surface area contributed by atoms with Crippen molar-refractivity contribution >= 4 is 27.8 Å². The maximum Gasteiger partial charge on any atom is 0.325 e. The number of hydrogen-bond acceptors (Lipinski definition) is 3. The fourth-order valence-corrected chi connectivity index (χ4v) is 1.43. The highest BCUT2D eigenvalue weighted by molar-refractivity contribution is 9.10. The molecule has 0 fully saturated rings. The highest BCUT2D eigenvalue weighted by atomic mass is 79.9. The third-order valence-electron chi connectivity index (χ3n) is 1.91. The van der Waals surface area contributed by atoms with Crippen molar-refractivity contribution < 1.29 is 19.4 Å². The van der Waals surface area contributed by atoms with Crippen LogP contribution in [0.25, 0.3) is 0 Å². The Morgan fingerprint density at radius 2 is 2.24 bits per heavy atom. The summed E-state index contributed by atoms with van der Waals surface area (Å²) in [6, 6.07) is 6.11. The molecule has 1 amide bonds. The molecule has 1 rings (SSSR count). The second kappa shape index (κ2) is 6.24. The number of rotatable bonds is 5. The van der Waals surface area contributed by atoms with E-state index < -0.39 is 17.9 Å². The van der Waals surface area contributed by atoms with E-state index in [-0.39, 0.29) is 6.61 Å². The van der Waals surface area contributed by atoms with Gasteiger partial charge in [0.25, 0.3) is 5.91 Å². The first-order valence-corrected chi connectivity index (χ1v) is 5.69. The molecule has 17 heavy (non-hydrogen) atoms. The maximum atomic E-state index is 11.3. The lowest BCUT2D eigenvalue weighted by molar-refractivity contribution is -0.141. The summed E-state index contributed by atoms with van der Waals surface area (Å²) in [4.78, 5) is 21.8. The fraction of sp³-hybridized carbons (Fsp3) is 0.273. The SMILES string of the molecule is CC(NC(=O)COc1cccc(Br)c1)C(=O)O. The minimum Gasteiger partial charge on any atom is -0.484 e. The van der Waals surface area contributed by atoms with Gasteiger partial charge in [0.1, 0.15) is 11.8 Å². The van der Waals surface area contributed by atoms with E-state index in [2.05, 4.69) is 21.2 Å². The van der Waals surface area contributed by atoms with Crippen LogP contribution in [-0.4, -0.2) is 29.6 Å². The van der Waals surface area contributed by atoms with Crippen molar-refractivity contribution in [2.24, 2.45) is 0 Å². The summed E-state index contributed by atoms with van der Waals surface area (Å²) in [5.74, 6) is -1.02. The van der Waals surface area contributed by atoms with Crippen molar-refractivity contribution in [2.45, 2.75) is 13.0 Å². The first-order valence-electron chi connectivity index (χ1n) is 4.89. The predicted octanol–water partition coefficient (Wildman–Crippen LogP) is 1.42. The fourth-order valence-electron chi connectivity index (χ4n) is 1.05. The molecule has 0 heterocycles. The van der Waals surface area contributed by atoms with Crippen LogP contribution in [0.1, 0.15) is 6.92 Å². The van der Waals surface area contributed by atoms with Crippen molar-refractivity contribution in [1.29, 1.82) is 0 Å². The van der Waals surface area contributed by atoms with Crippen molar-refractivity contribution in [3.63, 3.8) is 0 Å². The van der Waals surface area contributed by atoms with Crippen LogP contribution in [0.5, 0.6) is 5.75 Å². The van der Waals surface area contributed by atoms with Crippen molar-refractivity contribution in [3.05, 3.63) is 28.7 Å². The van der Waals surface area contributed by atoms with Crippen LogP contribution >= 0.6 is 15.9 Å². The average molecular weight is 302 g/mol. The van der Waals surface area contributed by atoms with Gasteiger partial charge in [-0.3, -0.25) is 9.59 Å². The molecule has 2 N–H and O–H groups in total. The normalized spacial score (nSPS) is 11.6. The summed E-state index contributed by atoms with van der Waals surface area (Å²) < 4.78 is 6.04. The second-order valence-electron chi connectivity index (χ2n) is 3.37. The molecule has 1 unspecified atom stereocenters. The number of hydrogen-bond donors (Lipinski definition) is 2.